The lowest BCUT2D eigenvalue weighted by atomic mass is 10.0. The molecule has 3 aliphatic carbocycles. The Bertz CT molecular complexity index is 724. The second-order valence-electron chi connectivity index (χ2n) is 7.92. The molecule has 3 fully saturated rings. The lowest BCUT2D eigenvalue weighted by Gasteiger charge is -2.22. The van der Waals surface area contributed by atoms with Gasteiger partial charge in [-0.15, -0.1) is 0 Å². The summed E-state index contributed by atoms with van der Waals surface area (Å²) in [5.74, 6) is 4.37. The average Bonchev–Trinajstić information content (AvgIpc) is 3.06. The van der Waals surface area contributed by atoms with E-state index in [1.807, 2.05) is 11.8 Å². The Kier molecular flexibility index (Phi) is 2.80. The number of fused-ring (bicyclic) bond motifs is 6. The van der Waals surface area contributed by atoms with Crippen molar-refractivity contribution in [1.82, 2.24) is 14.9 Å². The molecule has 1 aromatic rings. The molecular formula is C18H23N3O2. The largest absolute Gasteiger partial charge is 0.342 e. The third-order valence-electron chi connectivity index (χ3n) is 6.80. The van der Waals surface area contributed by atoms with Crippen LogP contribution in [-0.2, 0) is 17.6 Å². The van der Waals surface area contributed by atoms with Gasteiger partial charge in [-0.1, -0.05) is 0 Å². The Morgan fingerprint density at radius 3 is 2.61 bits per heavy atom. The maximum Gasteiger partial charge on any atom is 0.254 e. The van der Waals surface area contributed by atoms with Crippen molar-refractivity contribution in [2.45, 2.75) is 39.0 Å². The Morgan fingerprint density at radius 2 is 1.87 bits per heavy atom. The van der Waals surface area contributed by atoms with Crippen LogP contribution in [0.4, 0.5) is 0 Å². The van der Waals surface area contributed by atoms with Gasteiger partial charge in [0.15, 0.2) is 0 Å². The van der Waals surface area contributed by atoms with Gasteiger partial charge in [0.2, 0.25) is 5.91 Å². The van der Waals surface area contributed by atoms with E-state index in [-0.39, 0.29) is 5.56 Å². The van der Waals surface area contributed by atoms with Gasteiger partial charge >= 0.3 is 0 Å². The number of aromatic amines is 1. The number of H-pyrrole nitrogens is 1. The zero-order valence-electron chi connectivity index (χ0n) is 13.5. The molecule has 0 spiro atoms. The first-order valence-electron chi connectivity index (χ1n) is 9.01. The van der Waals surface area contributed by atoms with E-state index in [2.05, 4.69) is 9.97 Å². The zero-order valence-corrected chi connectivity index (χ0v) is 13.5. The smallest absolute Gasteiger partial charge is 0.254 e. The van der Waals surface area contributed by atoms with Gasteiger partial charge in [-0.3, -0.25) is 9.59 Å². The van der Waals surface area contributed by atoms with E-state index in [1.54, 1.807) is 0 Å². The fourth-order valence-corrected chi connectivity index (χ4v) is 5.82. The third kappa shape index (κ3) is 1.95. The van der Waals surface area contributed by atoms with Crippen molar-refractivity contribution >= 4 is 5.91 Å². The van der Waals surface area contributed by atoms with E-state index < -0.39 is 0 Å². The summed E-state index contributed by atoms with van der Waals surface area (Å²) >= 11 is 0. The quantitative estimate of drug-likeness (QED) is 0.850. The lowest BCUT2D eigenvalue weighted by Crippen LogP contribution is -2.36. The van der Waals surface area contributed by atoms with Gasteiger partial charge in [-0.25, -0.2) is 4.98 Å². The van der Waals surface area contributed by atoms with E-state index in [0.29, 0.717) is 55.4 Å². The normalized spacial score (nSPS) is 37.3. The second kappa shape index (κ2) is 4.68. The van der Waals surface area contributed by atoms with Crippen molar-refractivity contribution in [3.8, 4) is 0 Å². The molecule has 0 radical (unpaired) electrons. The topological polar surface area (TPSA) is 66.1 Å². The van der Waals surface area contributed by atoms with Gasteiger partial charge in [-0.2, -0.15) is 0 Å². The highest BCUT2D eigenvalue weighted by atomic mass is 16.2. The molecule has 1 aliphatic heterocycles. The molecule has 0 unspecified atom stereocenters. The second-order valence-corrected chi connectivity index (χ2v) is 7.92. The molecule has 3 saturated carbocycles. The molecule has 0 aromatic carbocycles. The van der Waals surface area contributed by atoms with Gasteiger partial charge in [0.1, 0.15) is 5.82 Å². The first-order valence-corrected chi connectivity index (χ1v) is 9.01. The summed E-state index contributed by atoms with van der Waals surface area (Å²) in [6, 6.07) is 0. The highest BCUT2D eigenvalue weighted by Gasteiger charge is 2.67. The van der Waals surface area contributed by atoms with Crippen LogP contribution < -0.4 is 5.56 Å². The van der Waals surface area contributed by atoms with Crippen LogP contribution in [0.2, 0.25) is 0 Å². The van der Waals surface area contributed by atoms with Crippen LogP contribution in [-0.4, -0.2) is 33.9 Å². The van der Waals surface area contributed by atoms with Crippen LogP contribution in [0.25, 0.3) is 0 Å². The lowest BCUT2D eigenvalue weighted by molar-refractivity contribution is -0.133. The molecule has 5 nitrogen and oxygen atoms in total. The molecule has 4 atom stereocenters. The molecule has 5 rings (SSSR count). The van der Waals surface area contributed by atoms with Gasteiger partial charge in [-0.05, 0) is 56.3 Å². The Labute approximate surface area is 135 Å². The van der Waals surface area contributed by atoms with Crippen LogP contribution in [0, 0.1) is 36.5 Å². The minimum absolute atomic E-state index is 0.0249. The first-order chi connectivity index (χ1) is 11.1. The van der Waals surface area contributed by atoms with Crippen molar-refractivity contribution in [3.63, 3.8) is 0 Å². The van der Waals surface area contributed by atoms with Crippen molar-refractivity contribution in [1.29, 1.82) is 0 Å². The van der Waals surface area contributed by atoms with E-state index >= 15 is 0 Å². The molecule has 5 heteroatoms. The number of aryl methyl sites for hydroxylation is 1. The van der Waals surface area contributed by atoms with Crippen LogP contribution >= 0.6 is 0 Å². The average molecular weight is 313 g/mol. The highest BCUT2D eigenvalue weighted by molar-refractivity contribution is 5.83. The number of amides is 1. The Morgan fingerprint density at radius 1 is 1.17 bits per heavy atom. The number of carbonyl (C=O) groups is 1. The van der Waals surface area contributed by atoms with Crippen LogP contribution in [0.1, 0.15) is 36.3 Å². The molecule has 4 aliphatic rings. The summed E-state index contributed by atoms with van der Waals surface area (Å²) in [6.45, 7) is 3.20. The number of aromatic nitrogens is 2. The Balaban J connectivity index is 1.33. The number of rotatable bonds is 1. The monoisotopic (exact) mass is 313 g/mol. The van der Waals surface area contributed by atoms with Crippen molar-refractivity contribution in [2.75, 3.05) is 13.1 Å². The predicted molar refractivity (Wildman–Crippen MR) is 84.9 cm³/mol. The molecule has 1 aromatic heterocycles. The summed E-state index contributed by atoms with van der Waals surface area (Å²) < 4.78 is 0. The number of nitrogens with one attached hydrogen (secondary N) is 1. The maximum atomic E-state index is 13.0. The highest BCUT2D eigenvalue weighted by Crippen LogP contribution is 2.69. The SMILES string of the molecule is Cc1nc2c(c(=O)[nH]1)CCN(C(=O)C1[C@@H]3[C@H]4CC[C@@H](C4)[C@@H]13)CC2. The number of carbonyl (C=O) groups excluding carboxylic acids is 1. The first kappa shape index (κ1) is 13.8. The molecular weight excluding hydrogens is 290 g/mol. The molecule has 1 amide bonds. The van der Waals surface area contributed by atoms with E-state index in [4.69, 9.17) is 0 Å². The summed E-state index contributed by atoms with van der Waals surface area (Å²) in [5.41, 5.74) is 1.64. The van der Waals surface area contributed by atoms with Crippen molar-refractivity contribution in [2.24, 2.45) is 29.6 Å². The van der Waals surface area contributed by atoms with Gasteiger partial charge in [0.05, 0.1) is 5.69 Å². The third-order valence-corrected chi connectivity index (χ3v) is 6.80. The molecule has 2 heterocycles. The molecule has 1 N–H and O–H groups in total. The minimum Gasteiger partial charge on any atom is -0.342 e. The zero-order chi connectivity index (χ0) is 15.7. The standard InChI is InChI=1S/C18H23N3O2/c1-9-19-13-5-7-21(6-4-12(13)17(22)20-9)18(23)16-14-10-2-3-11(8-10)15(14)16/h10-11,14-16H,2-8H2,1H3,(H,19,20,22)/t10-,11-,14+,15+/m0/s1. The molecule has 0 saturated heterocycles. The molecule has 122 valence electrons. The van der Waals surface area contributed by atoms with Crippen molar-refractivity contribution < 1.29 is 4.79 Å². The number of hydrogen-bond donors (Lipinski definition) is 1. The minimum atomic E-state index is -0.0249. The molecule has 2 bridgehead atoms. The number of nitrogens with zero attached hydrogens (tertiary/aromatic N) is 2. The van der Waals surface area contributed by atoms with E-state index in [1.165, 1.54) is 19.3 Å². The van der Waals surface area contributed by atoms with Gasteiger partial charge in [0.25, 0.3) is 5.56 Å². The molecule has 23 heavy (non-hydrogen) atoms. The Hall–Kier alpha value is -1.65. The summed E-state index contributed by atoms with van der Waals surface area (Å²) in [6.07, 6.45) is 5.42. The predicted octanol–water partition coefficient (Wildman–Crippen LogP) is 1.30. The summed E-state index contributed by atoms with van der Waals surface area (Å²) in [4.78, 5) is 34.4. The maximum absolute atomic E-state index is 13.0. The van der Waals surface area contributed by atoms with Gasteiger partial charge < -0.3 is 9.88 Å². The van der Waals surface area contributed by atoms with Crippen LogP contribution in [0.15, 0.2) is 4.79 Å². The van der Waals surface area contributed by atoms with Crippen molar-refractivity contribution in [3.05, 3.63) is 27.4 Å². The fraction of sp³-hybridized carbons (Fsp3) is 0.722. The summed E-state index contributed by atoms with van der Waals surface area (Å²) in [7, 11) is 0. The fourth-order valence-electron chi connectivity index (χ4n) is 5.82. The van der Waals surface area contributed by atoms with Crippen LogP contribution in [0.5, 0.6) is 0 Å². The number of hydrogen-bond acceptors (Lipinski definition) is 3. The van der Waals surface area contributed by atoms with Crippen LogP contribution in [0.3, 0.4) is 0 Å². The summed E-state index contributed by atoms with van der Waals surface area (Å²) in [5, 5.41) is 0. The van der Waals surface area contributed by atoms with E-state index in [0.717, 1.165) is 23.1 Å². The van der Waals surface area contributed by atoms with E-state index in [9.17, 15) is 9.59 Å². The van der Waals surface area contributed by atoms with Gasteiger partial charge in [0, 0.05) is 31.0 Å².